The van der Waals surface area contributed by atoms with E-state index in [4.69, 9.17) is 0 Å². The first-order valence-corrected chi connectivity index (χ1v) is 5.51. The molecule has 0 aliphatic rings. The first-order chi connectivity index (χ1) is 8.41. The lowest BCUT2D eigenvalue weighted by Gasteiger charge is -2.10. The SMILES string of the molecule is O=Cc1cnc(-c2cc(F)ccc2C(F)(F)F)s1. The van der Waals surface area contributed by atoms with Gasteiger partial charge in [-0.15, -0.1) is 11.3 Å². The second-order valence-electron chi connectivity index (χ2n) is 3.37. The van der Waals surface area contributed by atoms with Gasteiger partial charge in [0.25, 0.3) is 0 Å². The molecule has 0 amide bonds. The molecule has 0 radical (unpaired) electrons. The second kappa shape index (κ2) is 4.49. The van der Waals surface area contributed by atoms with Crippen LogP contribution in [0.3, 0.4) is 0 Å². The lowest BCUT2D eigenvalue weighted by molar-refractivity contribution is -0.137. The number of aldehydes is 1. The van der Waals surface area contributed by atoms with Crippen molar-refractivity contribution in [2.75, 3.05) is 0 Å². The van der Waals surface area contributed by atoms with Crippen LogP contribution in [-0.4, -0.2) is 11.3 Å². The summed E-state index contributed by atoms with van der Waals surface area (Å²) >= 11 is 0.779. The molecule has 2 nitrogen and oxygen atoms in total. The topological polar surface area (TPSA) is 30.0 Å². The van der Waals surface area contributed by atoms with Crippen LogP contribution < -0.4 is 0 Å². The van der Waals surface area contributed by atoms with Crippen LogP contribution in [-0.2, 0) is 6.18 Å². The van der Waals surface area contributed by atoms with Gasteiger partial charge in [-0.1, -0.05) is 0 Å². The zero-order valence-corrected chi connectivity index (χ0v) is 9.48. The van der Waals surface area contributed by atoms with Gasteiger partial charge in [-0.2, -0.15) is 13.2 Å². The summed E-state index contributed by atoms with van der Waals surface area (Å²) in [4.78, 5) is 14.3. The van der Waals surface area contributed by atoms with E-state index in [1.807, 2.05) is 0 Å². The zero-order valence-electron chi connectivity index (χ0n) is 8.66. The highest BCUT2D eigenvalue weighted by Gasteiger charge is 2.34. The average molecular weight is 275 g/mol. The van der Waals surface area contributed by atoms with Gasteiger partial charge in [-0.05, 0) is 18.2 Å². The highest BCUT2D eigenvalue weighted by molar-refractivity contribution is 7.16. The van der Waals surface area contributed by atoms with Crippen LogP contribution in [0.2, 0.25) is 0 Å². The van der Waals surface area contributed by atoms with Gasteiger partial charge in [-0.3, -0.25) is 4.79 Å². The fraction of sp³-hybridized carbons (Fsp3) is 0.0909. The molecule has 0 fully saturated rings. The van der Waals surface area contributed by atoms with E-state index < -0.39 is 17.6 Å². The molecule has 1 aromatic heterocycles. The fourth-order valence-electron chi connectivity index (χ4n) is 1.41. The molecule has 1 heterocycles. The molecule has 0 saturated heterocycles. The Morgan fingerprint density at radius 2 is 2.00 bits per heavy atom. The van der Waals surface area contributed by atoms with E-state index >= 15 is 0 Å². The van der Waals surface area contributed by atoms with Crippen LogP contribution in [0.1, 0.15) is 15.2 Å². The number of rotatable bonds is 2. The van der Waals surface area contributed by atoms with Gasteiger partial charge in [0.15, 0.2) is 6.29 Å². The highest BCUT2D eigenvalue weighted by Crippen LogP contribution is 2.38. The molecule has 0 bridgehead atoms. The number of hydrogen-bond acceptors (Lipinski definition) is 3. The van der Waals surface area contributed by atoms with Gasteiger partial charge in [-0.25, -0.2) is 9.37 Å². The molecule has 0 atom stereocenters. The first-order valence-electron chi connectivity index (χ1n) is 4.70. The number of hydrogen-bond donors (Lipinski definition) is 0. The summed E-state index contributed by atoms with van der Waals surface area (Å²) in [5, 5.41) is -0.0380. The Hall–Kier alpha value is -1.76. The van der Waals surface area contributed by atoms with Gasteiger partial charge >= 0.3 is 6.18 Å². The van der Waals surface area contributed by atoms with Crippen molar-refractivity contribution in [1.82, 2.24) is 4.98 Å². The van der Waals surface area contributed by atoms with Crippen molar-refractivity contribution >= 4 is 17.6 Å². The Kier molecular flexibility index (Phi) is 3.16. The number of thiazole rings is 1. The maximum atomic E-state index is 13.0. The van der Waals surface area contributed by atoms with E-state index in [-0.39, 0.29) is 15.4 Å². The fourth-order valence-corrected chi connectivity index (χ4v) is 2.17. The number of carbonyl (C=O) groups is 1. The first kappa shape index (κ1) is 12.7. The monoisotopic (exact) mass is 275 g/mol. The maximum Gasteiger partial charge on any atom is 0.417 e. The number of alkyl halides is 3. The predicted octanol–water partition coefficient (Wildman–Crippen LogP) is 3.78. The largest absolute Gasteiger partial charge is 0.417 e. The standard InChI is InChI=1S/C11H5F4NOS/c12-6-1-2-9(11(13,14)15)8(3-6)10-16-4-7(5-17)18-10/h1-5H. The average Bonchev–Trinajstić information content (AvgIpc) is 2.75. The van der Waals surface area contributed by atoms with E-state index in [2.05, 4.69) is 4.98 Å². The van der Waals surface area contributed by atoms with Crippen LogP contribution in [0.25, 0.3) is 10.6 Å². The molecular formula is C11H5F4NOS. The Balaban J connectivity index is 2.61. The molecule has 0 aliphatic carbocycles. The summed E-state index contributed by atoms with van der Waals surface area (Å²) in [6.45, 7) is 0. The van der Waals surface area contributed by atoms with Crippen molar-refractivity contribution < 1.29 is 22.4 Å². The van der Waals surface area contributed by atoms with Crippen LogP contribution in [0.5, 0.6) is 0 Å². The lowest BCUT2D eigenvalue weighted by Crippen LogP contribution is -2.07. The van der Waals surface area contributed by atoms with Gasteiger partial charge in [0, 0.05) is 11.8 Å². The van der Waals surface area contributed by atoms with Gasteiger partial charge in [0.05, 0.1) is 10.4 Å². The summed E-state index contributed by atoms with van der Waals surface area (Å²) in [6.07, 6.45) is -2.97. The molecule has 2 rings (SSSR count). The van der Waals surface area contributed by atoms with Crippen molar-refractivity contribution in [1.29, 1.82) is 0 Å². The summed E-state index contributed by atoms with van der Waals surface area (Å²) in [6, 6.07) is 2.16. The van der Waals surface area contributed by atoms with Crippen LogP contribution in [0.4, 0.5) is 17.6 Å². The molecule has 0 aliphatic heterocycles. The highest BCUT2D eigenvalue weighted by atomic mass is 32.1. The van der Waals surface area contributed by atoms with Crippen molar-refractivity contribution in [3.05, 3.63) is 40.7 Å². The van der Waals surface area contributed by atoms with Crippen LogP contribution in [0, 0.1) is 5.82 Å². The third-order valence-electron chi connectivity index (χ3n) is 2.16. The van der Waals surface area contributed by atoms with Gasteiger partial charge < -0.3 is 0 Å². The Morgan fingerprint density at radius 3 is 2.56 bits per heavy atom. The zero-order chi connectivity index (χ0) is 13.3. The van der Waals surface area contributed by atoms with E-state index in [1.54, 1.807) is 0 Å². The van der Waals surface area contributed by atoms with E-state index in [9.17, 15) is 22.4 Å². The molecule has 1 aromatic carbocycles. The summed E-state index contributed by atoms with van der Waals surface area (Å²) < 4.78 is 51.3. The number of nitrogens with zero attached hydrogens (tertiary/aromatic N) is 1. The van der Waals surface area contributed by atoms with Crippen molar-refractivity contribution in [2.45, 2.75) is 6.18 Å². The molecule has 18 heavy (non-hydrogen) atoms. The molecule has 0 N–H and O–H groups in total. The van der Waals surface area contributed by atoms with E-state index in [0.717, 1.165) is 29.7 Å². The number of halogens is 4. The number of carbonyl (C=O) groups excluding carboxylic acids is 1. The predicted molar refractivity (Wildman–Crippen MR) is 57.9 cm³/mol. The molecule has 0 spiro atoms. The normalized spacial score (nSPS) is 11.6. The van der Waals surface area contributed by atoms with E-state index in [0.29, 0.717) is 12.4 Å². The smallest absolute Gasteiger partial charge is 0.297 e. The lowest BCUT2D eigenvalue weighted by atomic mass is 10.1. The Bertz CT molecular complexity index is 591. The molecule has 0 saturated carbocycles. The van der Waals surface area contributed by atoms with E-state index in [1.165, 1.54) is 0 Å². The second-order valence-corrected chi connectivity index (χ2v) is 4.44. The minimum absolute atomic E-state index is 0.0380. The summed E-state index contributed by atoms with van der Waals surface area (Å²) in [5.41, 5.74) is -1.34. The van der Waals surface area contributed by atoms with Crippen molar-refractivity contribution in [2.24, 2.45) is 0 Å². The van der Waals surface area contributed by atoms with Gasteiger partial charge in [0.1, 0.15) is 10.8 Å². The molecule has 0 unspecified atom stereocenters. The molecule has 94 valence electrons. The Morgan fingerprint density at radius 1 is 1.28 bits per heavy atom. The molecule has 7 heteroatoms. The van der Waals surface area contributed by atoms with Crippen molar-refractivity contribution in [3.8, 4) is 10.6 Å². The summed E-state index contributed by atoms with van der Waals surface area (Å²) in [5.74, 6) is -0.791. The minimum Gasteiger partial charge on any atom is -0.297 e. The maximum absolute atomic E-state index is 13.0. The molecule has 2 aromatic rings. The van der Waals surface area contributed by atoms with Crippen LogP contribution >= 0.6 is 11.3 Å². The molecular weight excluding hydrogens is 270 g/mol. The third kappa shape index (κ3) is 2.40. The third-order valence-corrected chi connectivity index (χ3v) is 3.11. The number of aromatic nitrogens is 1. The van der Waals surface area contributed by atoms with Crippen LogP contribution in [0.15, 0.2) is 24.4 Å². The minimum atomic E-state index is -4.60. The van der Waals surface area contributed by atoms with Crippen molar-refractivity contribution in [3.63, 3.8) is 0 Å². The quantitative estimate of drug-likeness (QED) is 0.616. The van der Waals surface area contributed by atoms with Gasteiger partial charge in [0.2, 0.25) is 0 Å². The summed E-state index contributed by atoms with van der Waals surface area (Å²) in [7, 11) is 0. The Labute approximate surface area is 103 Å². The number of benzene rings is 1.